The Bertz CT molecular complexity index is 1220. The lowest BCUT2D eigenvalue weighted by Crippen LogP contribution is -2.69. The largest absolute Gasteiger partial charge is 0.347 e. The Morgan fingerprint density at radius 1 is 1.00 bits per heavy atom. The fourth-order valence-electron chi connectivity index (χ4n) is 7.54. The van der Waals surface area contributed by atoms with E-state index in [1.165, 1.54) is 18.6 Å². The van der Waals surface area contributed by atoms with E-state index in [-0.39, 0.29) is 35.3 Å². The van der Waals surface area contributed by atoms with Crippen LogP contribution in [0.2, 0.25) is 0 Å². The van der Waals surface area contributed by atoms with E-state index in [9.17, 15) is 14.0 Å². The second-order valence-corrected chi connectivity index (χ2v) is 11.2. The standard InChI is InChI=1S/C28H29FN4O2/c29-24-6-5-22-15-33(16-23(22)8-24)25(34)14-31-27-9-19-7-20(10-27)12-28(11-19,17-27)32-26(35)21-3-1-18(13-30)2-4-21/h1-6,8,19-20,31H,7,9-12,14-17H2,(H,32,35). The molecule has 2 aromatic rings. The minimum atomic E-state index is -0.266. The molecule has 2 amide bonds. The van der Waals surface area contributed by atoms with E-state index in [1.807, 2.05) is 0 Å². The van der Waals surface area contributed by atoms with Crippen LogP contribution < -0.4 is 10.6 Å². The predicted molar refractivity (Wildman–Crippen MR) is 127 cm³/mol. The first kappa shape index (κ1) is 22.2. The molecule has 7 rings (SSSR count). The number of carbonyl (C=O) groups excluding carboxylic acids is 2. The quantitative estimate of drug-likeness (QED) is 0.696. The van der Waals surface area contributed by atoms with Gasteiger partial charge in [-0.3, -0.25) is 9.59 Å². The molecular formula is C28H29FN4O2. The predicted octanol–water partition coefficient (Wildman–Crippen LogP) is 3.65. The van der Waals surface area contributed by atoms with Gasteiger partial charge in [-0.25, -0.2) is 4.39 Å². The normalized spacial score (nSPS) is 30.1. The highest BCUT2D eigenvalue weighted by atomic mass is 19.1. The minimum Gasteiger partial charge on any atom is -0.347 e. The molecule has 2 atom stereocenters. The van der Waals surface area contributed by atoms with Crippen LogP contribution >= 0.6 is 0 Å². The van der Waals surface area contributed by atoms with Crippen molar-refractivity contribution in [3.05, 3.63) is 70.5 Å². The third kappa shape index (κ3) is 4.10. The molecule has 5 aliphatic rings. The van der Waals surface area contributed by atoms with E-state index in [2.05, 4.69) is 16.7 Å². The Balaban J connectivity index is 1.13. The summed E-state index contributed by atoms with van der Waals surface area (Å²) in [5.41, 5.74) is 2.61. The molecule has 0 saturated heterocycles. The van der Waals surface area contributed by atoms with Gasteiger partial charge in [-0.05, 0) is 97.9 Å². The summed E-state index contributed by atoms with van der Waals surface area (Å²) in [6.45, 7) is 1.24. The second kappa shape index (κ2) is 8.17. The van der Waals surface area contributed by atoms with E-state index in [0.717, 1.165) is 43.2 Å². The zero-order valence-corrected chi connectivity index (χ0v) is 19.6. The molecule has 2 unspecified atom stereocenters. The Kier molecular flexibility index (Phi) is 5.19. The maximum atomic E-state index is 13.6. The summed E-state index contributed by atoms with van der Waals surface area (Å²) in [4.78, 5) is 28.0. The van der Waals surface area contributed by atoms with Crippen molar-refractivity contribution in [2.24, 2.45) is 11.8 Å². The van der Waals surface area contributed by atoms with E-state index in [1.54, 1.807) is 35.2 Å². The van der Waals surface area contributed by atoms with Crippen molar-refractivity contribution in [3.63, 3.8) is 0 Å². The van der Waals surface area contributed by atoms with Crippen molar-refractivity contribution >= 4 is 11.8 Å². The molecule has 4 saturated carbocycles. The Morgan fingerprint density at radius 3 is 2.40 bits per heavy atom. The lowest BCUT2D eigenvalue weighted by atomic mass is 9.50. The number of hydrogen-bond donors (Lipinski definition) is 2. The Hall–Kier alpha value is -3.24. The molecule has 4 bridgehead atoms. The molecule has 6 nitrogen and oxygen atoms in total. The number of fused-ring (bicyclic) bond motifs is 1. The number of nitriles is 1. The molecule has 0 spiro atoms. The van der Waals surface area contributed by atoms with Crippen LogP contribution in [-0.4, -0.2) is 34.3 Å². The number of nitrogens with zero attached hydrogens (tertiary/aromatic N) is 2. The highest BCUT2D eigenvalue weighted by Gasteiger charge is 2.58. The maximum Gasteiger partial charge on any atom is 0.251 e. The smallest absolute Gasteiger partial charge is 0.251 e. The molecule has 0 aromatic heterocycles. The average molecular weight is 473 g/mol. The van der Waals surface area contributed by atoms with Gasteiger partial charge in [0.25, 0.3) is 5.91 Å². The number of halogens is 1. The third-order valence-electron chi connectivity index (χ3n) is 8.57. The summed E-state index contributed by atoms with van der Waals surface area (Å²) in [6.07, 6.45) is 6.06. The molecule has 2 aromatic carbocycles. The van der Waals surface area contributed by atoms with Crippen molar-refractivity contribution in [2.45, 2.75) is 62.7 Å². The second-order valence-electron chi connectivity index (χ2n) is 11.2. The summed E-state index contributed by atoms with van der Waals surface area (Å²) in [6, 6.07) is 13.6. The first-order valence-corrected chi connectivity index (χ1v) is 12.5. The van der Waals surface area contributed by atoms with Crippen molar-refractivity contribution in [1.82, 2.24) is 15.5 Å². The van der Waals surface area contributed by atoms with Crippen LogP contribution in [0.1, 0.15) is 65.6 Å². The van der Waals surface area contributed by atoms with Gasteiger partial charge < -0.3 is 15.5 Å². The topological polar surface area (TPSA) is 85.2 Å². The van der Waals surface area contributed by atoms with Crippen LogP contribution in [0.25, 0.3) is 0 Å². The van der Waals surface area contributed by atoms with Gasteiger partial charge in [-0.2, -0.15) is 5.26 Å². The van der Waals surface area contributed by atoms with Crippen LogP contribution in [0.3, 0.4) is 0 Å². The molecular weight excluding hydrogens is 443 g/mol. The highest BCUT2D eigenvalue weighted by Crippen LogP contribution is 2.57. The van der Waals surface area contributed by atoms with E-state index >= 15 is 0 Å². The summed E-state index contributed by atoms with van der Waals surface area (Å²) < 4.78 is 13.6. The SMILES string of the molecule is N#Cc1ccc(C(=O)NC23CC4CC(CC(NCC(=O)N5Cc6ccc(F)cc6C5)(C4)C2)C3)cc1. The molecule has 4 fully saturated rings. The summed E-state index contributed by atoms with van der Waals surface area (Å²) in [7, 11) is 0. The van der Waals surface area contributed by atoms with E-state index < -0.39 is 0 Å². The highest BCUT2D eigenvalue weighted by molar-refractivity contribution is 5.94. The van der Waals surface area contributed by atoms with Crippen LogP contribution in [0, 0.1) is 29.0 Å². The van der Waals surface area contributed by atoms with Crippen LogP contribution in [0.15, 0.2) is 42.5 Å². The fraction of sp³-hybridized carbons (Fsp3) is 0.464. The number of benzene rings is 2. The van der Waals surface area contributed by atoms with Crippen molar-refractivity contribution in [2.75, 3.05) is 6.54 Å². The summed E-state index contributed by atoms with van der Waals surface area (Å²) in [5.74, 6) is 0.758. The minimum absolute atomic E-state index is 0.0352. The van der Waals surface area contributed by atoms with Gasteiger partial charge in [0.1, 0.15) is 5.82 Å². The van der Waals surface area contributed by atoms with E-state index in [4.69, 9.17) is 5.26 Å². The average Bonchev–Trinajstić information content (AvgIpc) is 3.25. The summed E-state index contributed by atoms with van der Waals surface area (Å²) in [5, 5.41) is 16.0. The lowest BCUT2D eigenvalue weighted by molar-refractivity contribution is -0.132. The van der Waals surface area contributed by atoms with Gasteiger partial charge in [-0.15, -0.1) is 0 Å². The van der Waals surface area contributed by atoms with Gasteiger partial charge in [0.15, 0.2) is 0 Å². The fourth-order valence-corrected chi connectivity index (χ4v) is 7.54. The Labute approximate surface area is 204 Å². The maximum absolute atomic E-state index is 13.6. The lowest BCUT2D eigenvalue weighted by Gasteiger charge is -2.62. The zero-order chi connectivity index (χ0) is 24.2. The van der Waals surface area contributed by atoms with Gasteiger partial charge in [0.2, 0.25) is 5.91 Å². The van der Waals surface area contributed by atoms with Gasteiger partial charge >= 0.3 is 0 Å². The van der Waals surface area contributed by atoms with E-state index in [0.29, 0.717) is 36.1 Å². The van der Waals surface area contributed by atoms with Crippen LogP contribution in [0.5, 0.6) is 0 Å². The number of amides is 2. The number of hydrogen-bond acceptors (Lipinski definition) is 4. The molecule has 1 heterocycles. The third-order valence-corrected chi connectivity index (χ3v) is 8.57. The molecule has 7 heteroatoms. The number of carbonyl (C=O) groups is 2. The van der Waals surface area contributed by atoms with Crippen molar-refractivity contribution in [3.8, 4) is 6.07 Å². The van der Waals surface area contributed by atoms with Crippen LogP contribution in [0.4, 0.5) is 4.39 Å². The van der Waals surface area contributed by atoms with Crippen molar-refractivity contribution in [1.29, 1.82) is 5.26 Å². The van der Waals surface area contributed by atoms with Gasteiger partial charge in [0.05, 0.1) is 18.2 Å². The Morgan fingerprint density at radius 2 is 1.69 bits per heavy atom. The molecule has 4 aliphatic carbocycles. The number of nitrogens with one attached hydrogen (secondary N) is 2. The molecule has 35 heavy (non-hydrogen) atoms. The first-order valence-electron chi connectivity index (χ1n) is 12.5. The molecule has 1 aliphatic heterocycles. The van der Waals surface area contributed by atoms with Gasteiger partial charge in [0, 0.05) is 29.7 Å². The van der Waals surface area contributed by atoms with Crippen LogP contribution in [-0.2, 0) is 17.9 Å². The summed E-state index contributed by atoms with van der Waals surface area (Å²) >= 11 is 0. The zero-order valence-electron chi connectivity index (χ0n) is 19.6. The first-order chi connectivity index (χ1) is 16.8. The molecule has 0 radical (unpaired) electrons. The molecule has 2 N–H and O–H groups in total. The molecule has 180 valence electrons. The van der Waals surface area contributed by atoms with Gasteiger partial charge in [-0.1, -0.05) is 6.07 Å². The number of rotatable bonds is 5. The monoisotopic (exact) mass is 472 g/mol. The van der Waals surface area contributed by atoms with Crippen molar-refractivity contribution < 1.29 is 14.0 Å².